The number of allylic oxidation sites excluding steroid dienone is 5. The summed E-state index contributed by atoms with van der Waals surface area (Å²) in [7, 11) is -0.858. The molecule has 1 aliphatic rings. The molecular weight excluding hydrogens is 639 g/mol. The van der Waals surface area contributed by atoms with Crippen LogP contribution in [0.2, 0.25) is 0 Å². The molecule has 2 aromatic carbocycles. The van der Waals surface area contributed by atoms with Crippen molar-refractivity contribution in [2.24, 2.45) is 0 Å². The third-order valence-corrected chi connectivity index (χ3v) is 9.07. The van der Waals surface area contributed by atoms with Gasteiger partial charge in [0.2, 0.25) is 10.0 Å². The second kappa shape index (κ2) is 17.2. The number of nitrogens with one attached hydrogen (secondary N) is 1. The number of rotatable bonds is 19. The summed E-state index contributed by atoms with van der Waals surface area (Å²) in [6.45, 7) is 4.27. The standard InChI is InChI=1S/C36H43FN2O8S/c1-5-10-27(12-8-17-37)34-33(35(40)38-2)30-23-29(26-15-16-26)31(24-32(30)47-34)39(48(4,42)43)18-20-46-22-21-45-19-9-13-25-11-6-7-14-28(25)36(41)44-3/h5-8,10-12,14,23-24,26H,1,9,13,15-22H2,2-4H3,(H,38,40)/b12-8-,27-10+. The fourth-order valence-electron chi connectivity index (χ4n) is 5.49. The number of anilines is 1. The van der Waals surface area contributed by atoms with Crippen molar-refractivity contribution in [3.8, 4) is 0 Å². The highest BCUT2D eigenvalue weighted by Crippen LogP contribution is 2.47. The Bertz CT molecular complexity index is 1780. The van der Waals surface area contributed by atoms with Gasteiger partial charge in [-0.15, -0.1) is 0 Å². The molecule has 0 aliphatic heterocycles. The Balaban J connectivity index is 1.45. The third kappa shape index (κ3) is 9.21. The molecule has 0 saturated heterocycles. The molecule has 0 spiro atoms. The average molecular weight is 683 g/mol. The first-order valence-corrected chi connectivity index (χ1v) is 17.7. The molecule has 1 saturated carbocycles. The number of methoxy groups -OCH3 is 1. The number of amides is 1. The van der Waals surface area contributed by atoms with E-state index in [1.807, 2.05) is 18.2 Å². The molecule has 1 heterocycles. The number of halogens is 1. The van der Waals surface area contributed by atoms with Gasteiger partial charge in [-0.3, -0.25) is 9.10 Å². The van der Waals surface area contributed by atoms with Crippen molar-refractivity contribution in [2.45, 2.75) is 31.6 Å². The zero-order valence-electron chi connectivity index (χ0n) is 27.6. The molecule has 1 amide bonds. The molecule has 48 heavy (non-hydrogen) atoms. The first-order valence-electron chi connectivity index (χ1n) is 15.8. The number of benzene rings is 2. The molecule has 0 bridgehead atoms. The summed E-state index contributed by atoms with van der Waals surface area (Å²) in [5, 5.41) is 3.19. The lowest BCUT2D eigenvalue weighted by Gasteiger charge is -2.25. The lowest BCUT2D eigenvalue weighted by Crippen LogP contribution is -2.34. The van der Waals surface area contributed by atoms with Gasteiger partial charge in [0.25, 0.3) is 5.91 Å². The summed E-state index contributed by atoms with van der Waals surface area (Å²) >= 11 is 0. The van der Waals surface area contributed by atoms with Crippen LogP contribution in [0.1, 0.15) is 62.8 Å². The predicted octanol–water partition coefficient (Wildman–Crippen LogP) is 5.98. The number of fused-ring (bicyclic) bond motifs is 1. The van der Waals surface area contributed by atoms with Gasteiger partial charge in [0.15, 0.2) is 0 Å². The van der Waals surface area contributed by atoms with Crippen molar-refractivity contribution >= 4 is 44.1 Å². The van der Waals surface area contributed by atoms with Gasteiger partial charge in [-0.05, 0) is 54.9 Å². The van der Waals surface area contributed by atoms with Crippen LogP contribution in [0.4, 0.5) is 10.1 Å². The fourth-order valence-corrected chi connectivity index (χ4v) is 6.41. The molecule has 1 fully saturated rings. The van der Waals surface area contributed by atoms with Crippen LogP contribution in [0.3, 0.4) is 0 Å². The fraction of sp³-hybridized carbons (Fsp3) is 0.389. The van der Waals surface area contributed by atoms with Crippen LogP contribution in [0.25, 0.3) is 16.5 Å². The Morgan fingerprint density at radius 1 is 1.12 bits per heavy atom. The third-order valence-electron chi connectivity index (χ3n) is 7.89. The van der Waals surface area contributed by atoms with E-state index in [1.165, 1.54) is 36.7 Å². The van der Waals surface area contributed by atoms with Crippen LogP contribution in [-0.4, -0.2) is 80.4 Å². The molecule has 3 aromatic rings. The monoisotopic (exact) mass is 682 g/mol. The minimum absolute atomic E-state index is 0.0606. The van der Waals surface area contributed by atoms with Crippen molar-refractivity contribution < 1.29 is 41.0 Å². The molecule has 1 aromatic heterocycles. The molecule has 258 valence electrons. The smallest absolute Gasteiger partial charge is 0.338 e. The van der Waals surface area contributed by atoms with Gasteiger partial charge in [-0.2, -0.15) is 0 Å². The number of carbonyl (C=O) groups is 2. The Labute approximate surface area is 281 Å². The normalized spacial score (nSPS) is 13.6. The Morgan fingerprint density at radius 2 is 1.85 bits per heavy atom. The summed E-state index contributed by atoms with van der Waals surface area (Å²) in [4.78, 5) is 25.1. The highest BCUT2D eigenvalue weighted by atomic mass is 32.2. The van der Waals surface area contributed by atoms with Gasteiger partial charge in [0.05, 0.1) is 56.5 Å². The van der Waals surface area contributed by atoms with E-state index in [0.717, 1.165) is 30.2 Å². The zero-order chi connectivity index (χ0) is 34.7. The second-order valence-electron chi connectivity index (χ2n) is 11.3. The maximum Gasteiger partial charge on any atom is 0.338 e. The highest BCUT2D eigenvalue weighted by molar-refractivity contribution is 7.92. The molecule has 0 unspecified atom stereocenters. The van der Waals surface area contributed by atoms with Crippen molar-refractivity contribution in [1.82, 2.24) is 5.32 Å². The minimum atomic E-state index is -3.73. The topological polar surface area (TPSA) is 124 Å². The molecule has 1 aliphatic carbocycles. The number of aryl methyl sites for hydroxylation is 1. The maximum atomic E-state index is 13.1. The molecular formula is C36H43FN2O8S. The first-order chi connectivity index (χ1) is 23.1. The van der Waals surface area contributed by atoms with E-state index in [4.69, 9.17) is 18.6 Å². The summed E-state index contributed by atoms with van der Waals surface area (Å²) in [6, 6.07) is 10.8. The lowest BCUT2D eigenvalue weighted by molar-refractivity contribution is 0.0500. The van der Waals surface area contributed by atoms with Gasteiger partial charge in [-0.1, -0.05) is 49.1 Å². The molecule has 10 nitrogen and oxygen atoms in total. The Morgan fingerprint density at radius 3 is 2.50 bits per heavy atom. The largest absolute Gasteiger partial charge is 0.465 e. The van der Waals surface area contributed by atoms with Crippen molar-refractivity contribution in [2.75, 3.05) is 64.4 Å². The predicted molar refractivity (Wildman–Crippen MR) is 185 cm³/mol. The van der Waals surface area contributed by atoms with Crippen LogP contribution in [0.5, 0.6) is 0 Å². The quantitative estimate of drug-likeness (QED) is 0.0930. The second-order valence-corrected chi connectivity index (χ2v) is 13.2. The number of hydrogen-bond donors (Lipinski definition) is 1. The molecule has 0 radical (unpaired) electrons. The number of ether oxygens (including phenoxy) is 3. The van der Waals surface area contributed by atoms with Crippen molar-refractivity contribution in [3.63, 3.8) is 0 Å². The summed E-state index contributed by atoms with van der Waals surface area (Å²) in [6.07, 6.45) is 10.2. The van der Waals surface area contributed by atoms with E-state index in [9.17, 15) is 22.4 Å². The van der Waals surface area contributed by atoms with E-state index in [-0.39, 0.29) is 48.9 Å². The molecule has 1 N–H and O–H groups in total. The summed E-state index contributed by atoms with van der Waals surface area (Å²) in [5.41, 5.74) is 3.76. The van der Waals surface area contributed by atoms with Gasteiger partial charge in [0, 0.05) is 30.7 Å². The maximum absolute atomic E-state index is 13.1. The van der Waals surface area contributed by atoms with E-state index >= 15 is 0 Å². The zero-order valence-corrected chi connectivity index (χ0v) is 28.4. The van der Waals surface area contributed by atoms with Crippen LogP contribution in [0, 0.1) is 0 Å². The van der Waals surface area contributed by atoms with Crippen molar-refractivity contribution in [3.05, 3.63) is 95.3 Å². The number of alkyl halides is 1. The highest BCUT2D eigenvalue weighted by Gasteiger charge is 2.33. The number of nitrogens with zero attached hydrogens (tertiary/aromatic N) is 1. The Kier molecular flexibility index (Phi) is 13.1. The number of hydrogen-bond acceptors (Lipinski definition) is 8. The van der Waals surface area contributed by atoms with Crippen molar-refractivity contribution in [1.29, 1.82) is 0 Å². The van der Waals surface area contributed by atoms with Gasteiger partial charge >= 0.3 is 5.97 Å². The molecule has 0 atom stereocenters. The number of esters is 1. The van der Waals surface area contributed by atoms with E-state index in [0.29, 0.717) is 53.8 Å². The van der Waals surface area contributed by atoms with Crippen LogP contribution in [-0.2, 0) is 30.7 Å². The van der Waals surface area contributed by atoms with Crippen LogP contribution >= 0.6 is 0 Å². The summed E-state index contributed by atoms with van der Waals surface area (Å²) in [5.74, 6) is -0.390. The Hall–Kier alpha value is -4.26. The van der Waals surface area contributed by atoms with E-state index in [1.54, 1.807) is 24.3 Å². The van der Waals surface area contributed by atoms with Crippen LogP contribution < -0.4 is 9.62 Å². The number of furan rings is 1. The SMILES string of the molecule is C=C/C=C(\C=C/CF)c1oc2cc(N(CCOCCOCCCc3ccccc3C(=O)OC)S(C)(=O)=O)c(C3CC3)cc2c1C(=O)NC. The van der Waals surface area contributed by atoms with Crippen LogP contribution in [0.15, 0.2) is 71.7 Å². The number of sulfonamides is 1. The van der Waals surface area contributed by atoms with Gasteiger partial charge in [0.1, 0.15) is 18.0 Å². The lowest BCUT2D eigenvalue weighted by atomic mass is 10.00. The molecule has 12 heteroatoms. The summed E-state index contributed by atoms with van der Waals surface area (Å²) < 4.78 is 63.0. The van der Waals surface area contributed by atoms with Gasteiger partial charge < -0.3 is 23.9 Å². The molecule has 4 rings (SSSR count). The van der Waals surface area contributed by atoms with Gasteiger partial charge in [-0.25, -0.2) is 17.6 Å². The van der Waals surface area contributed by atoms with E-state index in [2.05, 4.69) is 11.9 Å². The minimum Gasteiger partial charge on any atom is -0.465 e. The number of carbonyl (C=O) groups excluding carboxylic acids is 2. The average Bonchev–Trinajstić information content (AvgIpc) is 3.86. The first kappa shape index (κ1) is 36.6. The van der Waals surface area contributed by atoms with E-state index < -0.39 is 16.7 Å².